The number of carbonyl (C=O) groups is 1. The maximum absolute atomic E-state index is 11.7. The van der Waals surface area contributed by atoms with E-state index in [0.29, 0.717) is 28.5 Å². The van der Waals surface area contributed by atoms with Gasteiger partial charge in [-0.25, -0.2) is 4.79 Å². The van der Waals surface area contributed by atoms with Gasteiger partial charge in [-0.05, 0) is 24.3 Å². The van der Waals surface area contributed by atoms with Crippen LogP contribution in [-0.4, -0.2) is 22.9 Å². The number of ether oxygens (including phenoxy) is 3. The van der Waals surface area contributed by atoms with Crippen molar-refractivity contribution < 1.29 is 27.9 Å². The van der Waals surface area contributed by atoms with Crippen molar-refractivity contribution >= 4 is 5.97 Å². The van der Waals surface area contributed by atoms with E-state index in [0.717, 1.165) is 0 Å². The van der Waals surface area contributed by atoms with Gasteiger partial charge in [0.2, 0.25) is 12.6 Å². The van der Waals surface area contributed by atoms with Crippen LogP contribution in [0.25, 0.3) is 11.4 Å². The van der Waals surface area contributed by atoms with Gasteiger partial charge < -0.3 is 23.2 Å². The summed E-state index contributed by atoms with van der Waals surface area (Å²) >= 11 is 0. The van der Waals surface area contributed by atoms with Gasteiger partial charge in [0, 0.05) is 5.56 Å². The van der Waals surface area contributed by atoms with Gasteiger partial charge in [0.1, 0.15) is 6.26 Å². The average molecular weight is 314 g/mol. The minimum Gasteiger partial charge on any atom is -0.472 e. The first-order valence-corrected chi connectivity index (χ1v) is 6.71. The predicted octanol–water partition coefficient (Wildman–Crippen LogP) is 2.42. The third kappa shape index (κ3) is 2.61. The molecule has 23 heavy (non-hydrogen) atoms. The maximum Gasteiger partial charge on any atom is 0.341 e. The number of esters is 1. The molecular formula is C15H10N2O6. The Bertz CT molecular complexity index is 840. The van der Waals surface area contributed by atoms with Crippen molar-refractivity contribution in [3.8, 4) is 22.9 Å². The molecule has 1 aliphatic rings. The smallest absolute Gasteiger partial charge is 0.341 e. The molecule has 0 bridgehead atoms. The highest BCUT2D eigenvalue weighted by Gasteiger charge is 2.17. The number of aromatic nitrogens is 2. The summed E-state index contributed by atoms with van der Waals surface area (Å²) in [6.07, 6.45) is 2.69. The Balaban J connectivity index is 1.45. The Kier molecular flexibility index (Phi) is 3.19. The number of fused-ring (bicyclic) bond motifs is 1. The largest absolute Gasteiger partial charge is 0.472 e. The number of benzene rings is 1. The van der Waals surface area contributed by atoms with E-state index in [1.165, 1.54) is 18.6 Å². The first-order valence-electron chi connectivity index (χ1n) is 6.71. The standard InChI is InChI=1S/C15H10N2O6/c18-15(10-3-4-19-6-10)20-7-13-16-14(17-23-13)9-1-2-11-12(5-9)22-8-21-11/h1-6H,7-8H2. The molecule has 1 aliphatic heterocycles. The molecule has 0 atom stereocenters. The lowest BCUT2D eigenvalue weighted by molar-refractivity contribution is 0.0429. The van der Waals surface area contributed by atoms with Crippen molar-refractivity contribution in [2.75, 3.05) is 6.79 Å². The Labute approximate surface area is 129 Å². The van der Waals surface area contributed by atoms with Gasteiger partial charge in [-0.2, -0.15) is 4.98 Å². The van der Waals surface area contributed by atoms with Gasteiger partial charge in [-0.15, -0.1) is 0 Å². The predicted molar refractivity (Wildman–Crippen MR) is 73.7 cm³/mol. The topological polar surface area (TPSA) is 96.8 Å². The molecule has 3 heterocycles. The SMILES string of the molecule is O=C(OCc1nc(-c2ccc3c(c2)OCO3)no1)c1ccoc1. The number of rotatable bonds is 4. The van der Waals surface area contributed by atoms with Crippen molar-refractivity contribution in [3.05, 3.63) is 48.2 Å². The van der Waals surface area contributed by atoms with Crippen LogP contribution in [0.4, 0.5) is 0 Å². The molecule has 0 unspecified atom stereocenters. The summed E-state index contributed by atoms with van der Waals surface area (Å²) in [5, 5.41) is 3.86. The lowest BCUT2D eigenvalue weighted by atomic mass is 10.2. The first kappa shape index (κ1) is 13.4. The highest BCUT2D eigenvalue weighted by Crippen LogP contribution is 2.35. The third-order valence-corrected chi connectivity index (χ3v) is 3.18. The van der Waals surface area contributed by atoms with Crippen LogP contribution in [0.2, 0.25) is 0 Å². The fraction of sp³-hybridized carbons (Fsp3) is 0.133. The van der Waals surface area contributed by atoms with Gasteiger partial charge >= 0.3 is 5.97 Å². The van der Waals surface area contributed by atoms with E-state index in [4.69, 9.17) is 23.2 Å². The van der Waals surface area contributed by atoms with E-state index in [2.05, 4.69) is 10.1 Å². The third-order valence-electron chi connectivity index (χ3n) is 3.18. The first-order chi connectivity index (χ1) is 11.3. The Morgan fingerprint density at radius 3 is 3.00 bits per heavy atom. The van der Waals surface area contributed by atoms with Crippen LogP contribution < -0.4 is 9.47 Å². The molecule has 0 saturated heterocycles. The van der Waals surface area contributed by atoms with Crippen LogP contribution in [0.1, 0.15) is 16.2 Å². The van der Waals surface area contributed by atoms with Crippen molar-refractivity contribution in [2.45, 2.75) is 6.61 Å². The Morgan fingerprint density at radius 1 is 1.22 bits per heavy atom. The molecule has 0 aliphatic carbocycles. The molecule has 116 valence electrons. The normalized spacial score (nSPS) is 12.3. The van der Waals surface area contributed by atoms with Crippen LogP contribution in [0, 0.1) is 0 Å². The highest BCUT2D eigenvalue weighted by atomic mass is 16.7. The van der Waals surface area contributed by atoms with Gasteiger partial charge in [-0.1, -0.05) is 5.16 Å². The quantitative estimate of drug-likeness (QED) is 0.677. The molecular weight excluding hydrogens is 304 g/mol. The van der Waals surface area contributed by atoms with E-state index >= 15 is 0 Å². The zero-order valence-corrected chi connectivity index (χ0v) is 11.7. The van der Waals surface area contributed by atoms with Crippen LogP contribution in [-0.2, 0) is 11.3 Å². The van der Waals surface area contributed by atoms with Crippen molar-refractivity contribution in [3.63, 3.8) is 0 Å². The van der Waals surface area contributed by atoms with Gasteiger partial charge in [-0.3, -0.25) is 0 Å². The minimum atomic E-state index is -0.526. The lowest BCUT2D eigenvalue weighted by Crippen LogP contribution is -2.04. The number of furan rings is 1. The molecule has 0 fully saturated rings. The summed E-state index contributed by atoms with van der Waals surface area (Å²) < 4.78 is 25.5. The number of hydrogen-bond donors (Lipinski definition) is 0. The molecule has 1 aromatic carbocycles. The van der Waals surface area contributed by atoms with Crippen molar-refractivity contribution in [2.24, 2.45) is 0 Å². The van der Waals surface area contributed by atoms with Gasteiger partial charge in [0.05, 0.1) is 11.8 Å². The zero-order chi connectivity index (χ0) is 15.6. The zero-order valence-electron chi connectivity index (χ0n) is 11.7. The molecule has 3 aromatic rings. The molecule has 0 spiro atoms. The average Bonchev–Trinajstić information content (AvgIpc) is 3.32. The van der Waals surface area contributed by atoms with E-state index in [1.54, 1.807) is 18.2 Å². The number of hydrogen-bond acceptors (Lipinski definition) is 8. The second kappa shape index (κ2) is 5.48. The second-order valence-electron chi connectivity index (χ2n) is 4.67. The minimum absolute atomic E-state index is 0.123. The highest BCUT2D eigenvalue weighted by molar-refractivity contribution is 5.88. The summed E-state index contributed by atoms with van der Waals surface area (Å²) in [4.78, 5) is 15.9. The molecule has 0 N–H and O–H groups in total. The van der Waals surface area contributed by atoms with E-state index < -0.39 is 5.97 Å². The number of carbonyl (C=O) groups excluding carboxylic acids is 1. The van der Waals surface area contributed by atoms with Crippen LogP contribution in [0.5, 0.6) is 11.5 Å². The summed E-state index contributed by atoms with van der Waals surface area (Å²) in [7, 11) is 0. The summed E-state index contributed by atoms with van der Waals surface area (Å²) in [6.45, 7) is 0.0712. The van der Waals surface area contributed by atoms with Gasteiger partial charge in [0.15, 0.2) is 18.1 Å². The fourth-order valence-electron chi connectivity index (χ4n) is 2.06. The van der Waals surface area contributed by atoms with Crippen LogP contribution in [0.3, 0.4) is 0 Å². The van der Waals surface area contributed by atoms with E-state index in [1.807, 2.05) is 0 Å². The van der Waals surface area contributed by atoms with E-state index in [-0.39, 0.29) is 19.3 Å². The van der Waals surface area contributed by atoms with Gasteiger partial charge in [0.25, 0.3) is 5.89 Å². The second-order valence-corrected chi connectivity index (χ2v) is 4.67. The molecule has 0 radical (unpaired) electrons. The maximum atomic E-state index is 11.7. The van der Waals surface area contributed by atoms with Crippen molar-refractivity contribution in [1.29, 1.82) is 0 Å². The monoisotopic (exact) mass is 314 g/mol. The molecule has 0 amide bonds. The summed E-state index contributed by atoms with van der Waals surface area (Å²) in [5.74, 6) is 1.33. The molecule has 8 heteroatoms. The summed E-state index contributed by atoms with van der Waals surface area (Å²) in [6, 6.07) is 6.83. The number of nitrogens with zero attached hydrogens (tertiary/aromatic N) is 2. The molecule has 4 rings (SSSR count). The Hall–Kier alpha value is -3.29. The Morgan fingerprint density at radius 2 is 2.13 bits per heavy atom. The molecule has 0 saturated carbocycles. The van der Waals surface area contributed by atoms with Crippen molar-refractivity contribution in [1.82, 2.24) is 10.1 Å². The molecule has 8 nitrogen and oxygen atoms in total. The molecule has 2 aromatic heterocycles. The van der Waals surface area contributed by atoms with Crippen LogP contribution in [0.15, 0.2) is 45.7 Å². The van der Waals surface area contributed by atoms with Crippen LogP contribution >= 0.6 is 0 Å². The fourth-order valence-corrected chi connectivity index (χ4v) is 2.06. The lowest BCUT2D eigenvalue weighted by Gasteiger charge is -1.98. The van der Waals surface area contributed by atoms with E-state index in [9.17, 15) is 4.79 Å². The summed E-state index contributed by atoms with van der Waals surface area (Å²) in [5.41, 5.74) is 1.03.